The predicted octanol–water partition coefficient (Wildman–Crippen LogP) is 1.15. The molecular weight excluding hydrogens is 396 g/mol. The van der Waals surface area contributed by atoms with E-state index in [1.165, 1.54) is 4.31 Å². The third kappa shape index (κ3) is 10.6. The summed E-state index contributed by atoms with van der Waals surface area (Å²) >= 11 is 0. The summed E-state index contributed by atoms with van der Waals surface area (Å²) in [5.41, 5.74) is 4.60. The standard InChI is InChI=1S/C17H36N2O6S.ClH/c1-12(16(2,3)4)25-13(11-24-15(21)14(18)10-20)9-19(17(5,6)7)26(8,22)23;/h12-14,20H,9-11,18H2,1-8H3;1H/t12-,13-,14-;/m0./s1. The van der Waals surface area contributed by atoms with Crippen molar-refractivity contribution in [3.05, 3.63) is 0 Å². The maximum Gasteiger partial charge on any atom is 0.325 e. The van der Waals surface area contributed by atoms with Gasteiger partial charge in [0, 0.05) is 12.1 Å². The van der Waals surface area contributed by atoms with Gasteiger partial charge >= 0.3 is 5.97 Å². The van der Waals surface area contributed by atoms with E-state index in [-0.39, 0.29) is 37.1 Å². The highest BCUT2D eigenvalue weighted by molar-refractivity contribution is 7.88. The highest BCUT2D eigenvalue weighted by Crippen LogP contribution is 2.25. The summed E-state index contributed by atoms with van der Waals surface area (Å²) in [6.07, 6.45) is 0.253. The average molecular weight is 433 g/mol. The van der Waals surface area contributed by atoms with E-state index in [9.17, 15) is 13.2 Å². The van der Waals surface area contributed by atoms with Crippen molar-refractivity contribution in [3.8, 4) is 0 Å². The molecule has 0 bridgehead atoms. The number of carbonyl (C=O) groups excluding carboxylic acids is 1. The first-order valence-corrected chi connectivity index (χ1v) is 10.5. The second-order valence-electron chi connectivity index (χ2n) is 8.65. The number of nitrogens with zero attached hydrogens (tertiary/aromatic N) is 1. The Labute approximate surface area is 170 Å². The monoisotopic (exact) mass is 432 g/mol. The van der Waals surface area contributed by atoms with Crippen LogP contribution < -0.4 is 5.73 Å². The smallest absolute Gasteiger partial charge is 0.325 e. The fourth-order valence-electron chi connectivity index (χ4n) is 2.08. The van der Waals surface area contributed by atoms with Crippen molar-refractivity contribution >= 4 is 28.4 Å². The van der Waals surface area contributed by atoms with Crippen molar-refractivity contribution < 1.29 is 27.8 Å². The van der Waals surface area contributed by atoms with Crippen molar-refractivity contribution in [2.45, 2.75) is 72.3 Å². The summed E-state index contributed by atoms with van der Waals surface area (Å²) in [6.45, 7) is 12.6. The maximum atomic E-state index is 12.2. The van der Waals surface area contributed by atoms with E-state index in [2.05, 4.69) is 0 Å². The first-order chi connectivity index (χ1) is 11.5. The van der Waals surface area contributed by atoms with Crippen molar-refractivity contribution in [2.24, 2.45) is 11.1 Å². The van der Waals surface area contributed by atoms with E-state index in [1.807, 2.05) is 27.7 Å². The Bertz CT molecular complexity index is 557. The summed E-state index contributed by atoms with van der Waals surface area (Å²) in [4.78, 5) is 11.7. The van der Waals surface area contributed by atoms with Crippen LogP contribution in [-0.2, 0) is 24.3 Å². The molecule has 0 aromatic heterocycles. The van der Waals surface area contributed by atoms with Crippen LogP contribution in [0.15, 0.2) is 0 Å². The lowest BCUT2D eigenvalue weighted by atomic mass is 9.90. The first kappa shape index (κ1) is 28.8. The molecule has 0 aliphatic carbocycles. The zero-order valence-corrected chi connectivity index (χ0v) is 19.3. The van der Waals surface area contributed by atoms with E-state index in [0.717, 1.165) is 6.26 Å². The molecule has 0 amide bonds. The van der Waals surface area contributed by atoms with Crippen molar-refractivity contribution in [2.75, 3.05) is 26.0 Å². The number of halogens is 1. The summed E-state index contributed by atoms with van der Waals surface area (Å²) in [7, 11) is -3.50. The van der Waals surface area contributed by atoms with Gasteiger partial charge in [0.1, 0.15) is 18.8 Å². The Morgan fingerprint density at radius 2 is 1.67 bits per heavy atom. The molecule has 0 rings (SSSR count). The predicted molar refractivity (Wildman–Crippen MR) is 108 cm³/mol. The molecule has 0 aromatic rings. The van der Waals surface area contributed by atoms with E-state index in [4.69, 9.17) is 20.3 Å². The summed E-state index contributed by atoms with van der Waals surface area (Å²) in [6, 6.07) is -1.13. The van der Waals surface area contributed by atoms with Crippen LogP contribution in [0.5, 0.6) is 0 Å². The minimum absolute atomic E-state index is 0. The van der Waals surface area contributed by atoms with Crippen LogP contribution in [0.25, 0.3) is 0 Å². The third-order valence-electron chi connectivity index (χ3n) is 4.05. The molecule has 0 spiro atoms. The van der Waals surface area contributed by atoms with Gasteiger partial charge in [-0.15, -0.1) is 12.4 Å². The van der Waals surface area contributed by atoms with Gasteiger partial charge in [-0.3, -0.25) is 4.79 Å². The second-order valence-corrected chi connectivity index (χ2v) is 10.6. The summed E-state index contributed by atoms with van der Waals surface area (Å²) in [5.74, 6) is -0.758. The van der Waals surface area contributed by atoms with Gasteiger partial charge in [-0.2, -0.15) is 4.31 Å². The molecule has 0 fully saturated rings. The lowest BCUT2D eigenvalue weighted by molar-refractivity contribution is -0.154. The minimum Gasteiger partial charge on any atom is -0.462 e. The minimum atomic E-state index is -3.50. The van der Waals surface area contributed by atoms with Gasteiger partial charge in [0.15, 0.2) is 0 Å². The highest BCUT2D eigenvalue weighted by Gasteiger charge is 2.34. The largest absolute Gasteiger partial charge is 0.462 e. The van der Waals surface area contributed by atoms with Gasteiger partial charge in [-0.1, -0.05) is 20.8 Å². The second kappa shape index (κ2) is 10.9. The molecule has 3 atom stereocenters. The number of hydrogen-bond donors (Lipinski definition) is 2. The van der Waals surface area contributed by atoms with Crippen molar-refractivity contribution in [1.29, 1.82) is 0 Å². The zero-order valence-electron chi connectivity index (χ0n) is 17.7. The van der Waals surface area contributed by atoms with E-state index < -0.39 is 40.3 Å². The van der Waals surface area contributed by atoms with Crippen LogP contribution in [-0.4, -0.2) is 73.6 Å². The molecule has 0 aliphatic heterocycles. The quantitative estimate of drug-likeness (QED) is 0.524. The Kier molecular flexibility index (Phi) is 11.6. The number of nitrogens with two attached hydrogens (primary N) is 1. The number of esters is 1. The first-order valence-electron chi connectivity index (χ1n) is 8.66. The van der Waals surface area contributed by atoms with Crippen molar-refractivity contribution in [3.63, 3.8) is 0 Å². The fraction of sp³-hybridized carbons (Fsp3) is 0.941. The molecular formula is C17H37ClN2O6S. The Hall–Kier alpha value is -0.450. The lowest BCUT2D eigenvalue weighted by Crippen LogP contribution is -2.51. The summed E-state index contributed by atoms with van der Waals surface area (Å²) < 4.78 is 36.9. The molecule has 27 heavy (non-hydrogen) atoms. The molecule has 164 valence electrons. The van der Waals surface area contributed by atoms with Gasteiger partial charge in [-0.05, 0) is 33.1 Å². The van der Waals surface area contributed by atoms with Gasteiger partial charge in [-0.25, -0.2) is 8.42 Å². The van der Waals surface area contributed by atoms with Crippen LogP contribution in [0, 0.1) is 5.41 Å². The van der Waals surface area contributed by atoms with E-state index in [0.29, 0.717) is 0 Å². The van der Waals surface area contributed by atoms with E-state index in [1.54, 1.807) is 20.8 Å². The molecule has 10 heteroatoms. The number of aliphatic hydroxyl groups is 1. The topological polar surface area (TPSA) is 119 Å². The van der Waals surface area contributed by atoms with Crippen molar-refractivity contribution in [1.82, 2.24) is 4.31 Å². The van der Waals surface area contributed by atoms with Gasteiger partial charge in [0.25, 0.3) is 0 Å². The van der Waals surface area contributed by atoms with Gasteiger partial charge in [0.2, 0.25) is 10.0 Å². The number of rotatable bonds is 9. The SMILES string of the molecule is C[C@H](O[C@H](COC(=O)[C@@H](N)CO)CN(C(C)(C)C)S(C)(=O)=O)C(C)(C)C.Cl. The Balaban J connectivity index is 0. The molecule has 3 N–H and O–H groups in total. The van der Waals surface area contributed by atoms with Gasteiger partial charge < -0.3 is 20.3 Å². The van der Waals surface area contributed by atoms with E-state index >= 15 is 0 Å². The molecule has 0 unspecified atom stereocenters. The van der Waals surface area contributed by atoms with Crippen LogP contribution in [0.2, 0.25) is 0 Å². The third-order valence-corrected chi connectivity index (χ3v) is 5.54. The normalized spacial score (nSPS) is 16.4. The van der Waals surface area contributed by atoms with Crippen LogP contribution in [0.3, 0.4) is 0 Å². The average Bonchev–Trinajstić information content (AvgIpc) is 2.44. The molecule has 0 aliphatic rings. The van der Waals surface area contributed by atoms with Crippen LogP contribution >= 0.6 is 12.4 Å². The summed E-state index contributed by atoms with van der Waals surface area (Å²) in [5, 5.41) is 8.94. The maximum absolute atomic E-state index is 12.2. The number of ether oxygens (including phenoxy) is 2. The Morgan fingerprint density at radius 3 is 2.00 bits per heavy atom. The molecule has 0 saturated carbocycles. The molecule has 0 saturated heterocycles. The highest BCUT2D eigenvalue weighted by atomic mass is 35.5. The molecule has 8 nitrogen and oxygen atoms in total. The molecule has 0 aromatic carbocycles. The van der Waals surface area contributed by atoms with Crippen LogP contribution in [0.4, 0.5) is 0 Å². The van der Waals surface area contributed by atoms with Crippen LogP contribution in [0.1, 0.15) is 48.5 Å². The fourth-order valence-corrected chi connectivity index (χ4v) is 3.51. The van der Waals surface area contributed by atoms with Gasteiger partial charge in [0.05, 0.1) is 19.0 Å². The lowest BCUT2D eigenvalue weighted by Gasteiger charge is -2.38. The Morgan fingerprint density at radius 1 is 1.19 bits per heavy atom. The number of carbonyl (C=O) groups is 1. The zero-order chi connectivity index (χ0) is 20.9. The number of sulfonamides is 1. The molecule has 0 heterocycles. The number of aliphatic hydroxyl groups excluding tert-OH is 1. The number of hydrogen-bond acceptors (Lipinski definition) is 7. The molecule has 0 radical (unpaired) electrons.